The summed E-state index contributed by atoms with van der Waals surface area (Å²) in [6, 6.07) is 7.00. The van der Waals surface area contributed by atoms with Crippen LogP contribution in [-0.4, -0.2) is 130 Å². The van der Waals surface area contributed by atoms with Gasteiger partial charge in [-0.25, -0.2) is 43.2 Å². The summed E-state index contributed by atoms with van der Waals surface area (Å²) in [5.74, 6) is 0.746. The lowest BCUT2D eigenvalue weighted by atomic mass is 10.1. The molecule has 328 valence electrons. The molecule has 0 radical (unpaired) electrons. The van der Waals surface area contributed by atoms with E-state index in [1.165, 1.54) is 34.4 Å². The van der Waals surface area contributed by atoms with Gasteiger partial charge in [0.15, 0.2) is 47.7 Å². The van der Waals surface area contributed by atoms with Gasteiger partial charge in [-0.3, -0.25) is 22.7 Å². The van der Waals surface area contributed by atoms with Gasteiger partial charge in [-0.05, 0) is 35.5 Å². The Hall–Kier alpha value is -3.87. The van der Waals surface area contributed by atoms with Crippen molar-refractivity contribution >= 4 is 67.2 Å². The molecule has 61 heavy (non-hydrogen) atoms. The fraction of sp³-hybridized carbons (Fsp3) is 0.529. The molecular weight excluding hydrogens is 867 g/mol. The first-order valence-corrected chi connectivity index (χ1v) is 24.4. The maximum absolute atomic E-state index is 16.8. The molecule has 3 fully saturated rings. The summed E-state index contributed by atoms with van der Waals surface area (Å²) in [6.45, 7) is -1.28. The fourth-order valence-corrected chi connectivity index (χ4v) is 11.4. The quantitative estimate of drug-likeness (QED) is 0.0914. The molecule has 0 spiro atoms. The molecule has 0 bridgehead atoms. The number of aromatic nitrogens is 8. The van der Waals surface area contributed by atoms with Gasteiger partial charge in [0.2, 0.25) is 0 Å². The van der Waals surface area contributed by atoms with Crippen molar-refractivity contribution in [1.29, 1.82) is 0 Å². The molecule has 10 atom stereocenters. The number of fused-ring (bicyclic) bond motifs is 4. The number of ether oxygens (including phenoxy) is 5. The molecule has 0 amide bonds. The highest BCUT2D eigenvalue weighted by atomic mass is 32.7. The standard InChI is InChI=1S/C34H43BF2N10O11P2S/c1-2-7-50-8-9-51-10-11-52-20-5-3-19(4-6-20)14-61-60(49)54-13-22-27(23(36)33(56-22)46-17-44-25-29(38)40-15-42-31(25)46)57-59(35,48)53-12-21-28(58-60)24(37)34(55-21)47-18-45-26-30(39)41-16-43-32(26)47/h3-6,15-18,21-24,27-28,33-34H,2,7-14,35H2,1H3,(H2,38,40,42)(H2,39,41,43)/t21-,22-,23-,24-,27-,28-,33-,34-,59+,60-/m1/s1. The van der Waals surface area contributed by atoms with Gasteiger partial charge >= 0.3 is 6.80 Å². The van der Waals surface area contributed by atoms with Crippen LogP contribution in [0.4, 0.5) is 20.4 Å². The number of hydrogen-bond acceptors (Lipinski definition) is 20. The lowest BCUT2D eigenvalue weighted by Gasteiger charge is -2.30. The van der Waals surface area contributed by atoms with Gasteiger partial charge in [0.05, 0.1) is 45.7 Å². The van der Waals surface area contributed by atoms with Gasteiger partial charge in [-0.1, -0.05) is 19.1 Å². The van der Waals surface area contributed by atoms with Crippen LogP contribution in [0.2, 0.25) is 0 Å². The highest BCUT2D eigenvalue weighted by Gasteiger charge is 2.54. The summed E-state index contributed by atoms with van der Waals surface area (Å²) < 4.78 is 117. The highest BCUT2D eigenvalue weighted by molar-refractivity contribution is 8.54. The van der Waals surface area contributed by atoms with Crippen LogP contribution in [0.15, 0.2) is 49.6 Å². The predicted molar refractivity (Wildman–Crippen MR) is 218 cm³/mol. The number of imidazole rings is 2. The summed E-state index contributed by atoms with van der Waals surface area (Å²) in [7, 11) is -3.03. The van der Waals surface area contributed by atoms with E-state index in [4.69, 9.17) is 53.2 Å². The van der Waals surface area contributed by atoms with Crippen LogP contribution < -0.4 is 16.2 Å². The number of nitrogens with two attached hydrogens (primary N) is 2. The predicted octanol–water partition coefficient (Wildman–Crippen LogP) is 3.72. The Morgan fingerprint density at radius 1 is 0.770 bits per heavy atom. The van der Waals surface area contributed by atoms with E-state index in [1.54, 1.807) is 24.3 Å². The monoisotopic (exact) mass is 910 g/mol. The smallest absolute Gasteiger partial charge is 0.389 e. The van der Waals surface area contributed by atoms with Crippen LogP contribution in [-0.2, 0) is 51.9 Å². The summed E-state index contributed by atoms with van der Waals surface area (Å²) in [5, 5.41) is 0. The van der Waals surface area contributed by atoms with E-state index in [-0.39, 0.29) is 39.7 Å². The number of nitrogens with zero attached hydrogens (tertiary/aromatic N) is 8. The van der Waals surface area contributed by atoms with Crippen LogP contribution in [0.5, 0.6) is 5.75 Å². The minimum absolute atomic E-state index is 0.0544. The van der Waals surface area contributed by atoms with Crippen molar-refractivity contribution in [1.82, 2.24) is 39.0 Å². The first-order valence-electron chi connectivity index (χ1n) is 19.2. The van der Waals surface area contributed by atoms with Crippen LogP contribution in [0.3, 0.4) is 0 Å². The molecule has 0 saturated carbocycles. The average Bonchev–Trinajstić information content (AvgIpc) is 4.02. The lowest BCUT2D eigenvalue weighted by molar-refractivity contribution is -0.0546. The lowest BCUT2D eigenvalue weighted by Crippen LogP contribution is -2.37. The average molecular weight is 911 g/mol. The Bertz CT molecular complexity index is 2390. The van der Waals surface area contributed by atoms with Crippen LogP contribution >= 0.6 is 25.7 Å². The summed E-state index contributed by atoms with van der Waals surface area (Å²) in [4.78, 5) is 24.6. The number of anilines is 2. The zero-order chi connectivity index (χ0) is 42.7. The van der Waals surface area contributed by atoms with Crippen LogP contribution in [0, 0.1) is 0 Å². The van der Waals surface area contributed by atoms with Crippen LogP contribution in [0.1, 0.15) is 31.4 Å². The van der Waals surface area contributed by atoms with Gasteiger partial charge in [-0.2, -0.15) is 0 Å². The number of alkyl halides is 2. The minimum Gasteiger partial charge on any atom is -0.491 e. The topological polar surface area (TPSA) is 256 Å². The van der Waals surface area contributed by atoms with Crippen molar-refractivity contribution in [2.75, 3.05) is 57.7 Å². The van der Waals surface area contributed by atoms with Crippen molar-refractivity contribution in [3.8, 4) is 5.75 Å². The molecule has 21 nitrogen and oxygen atoms in total. The third-order valence-electron chi connectivity index (χ3n) is 9.82. The van der Waals surface area contributed by atoms with Gasteiger partial charge in [0.1, 0.15) is 60.5 Å². The maximum atomic E-state index is 16.8. The van der Waals surface area contributed by atoms with E-state index in [2.05, 4.69) is 29.9 Å². The first kappa shape index (κ1) is 43.8. The van der Waals surface area contributed by atoms with Gasteiger partial charge < -0.3 is 44.2 Å². The second kappa shape index (κ2) is 18.9. The number of rotatable bonds is 14. The summed E-state index contributed by atoms with van der Waals surface area (Å²) in [5.41, 5.74) is 13.3. The minimum atomic E-state index is -4.44. The van der Waals surface area contributed by atoms with E-state index < -0.39 is 76.7 Å². The molecular formula is C34H43BF2N10O11P2S. The zero-order valence-corrected chi connectivity index (χ0v) is 35.5. The van der Waals surface area contributed by atoms with Gasteiger partial charge in [0.25, 0.3) is 15.0 Å². The van der Waals surface area contributed by atoms with E-state index >= 15 is 8.78 Å². The van der Waals surface area contributed by atoms with Crippen molar-refractivity contribution in [2.45, 2.75) is 68.3 Å². The number of nitrogen functional groups attached to an aromatic ring is 2. The molecule has 7 heterocycles. The molecule has 1 aromatic carbocycles. The SMILES string of the molecule is B[P@]1(=O)OC[C@H]2O[C@@H](n3cnc4c(N)ncnc43)[C@H](F)[C@@H]2O[P@](=O)(SCc2ccc(OCCOCCOCCC)cc2)OC[C@H]2O[C@@H](n3cnc4c(N)ncnc43)[C@H](F)[C@@H]2O1. The molecule has 0 unspecified atom stereocenters. The molecule has 3 saturated heterocycles. The summed E-state index contributed by atoms with van der Waals surface area (Å²) >= 11 is 0.761. The molecule has 4 N–H and O–H groups in total. The number of benzene rings is 1. The van der Waals surface area contributed by atoms with E-state index in [0.29, 0.717) is 44.3 Å². The Balaban J connectivity index is 1.03. The second-order valence-electron chi connectivity index (χ2n) is 14.1. The molecule has 3 aliphatic heterocycles. The Morgan fingerprint density at radius 2 is 1.31 bits per heavy atom. The fourth-order valence-electron chi connectivity index (χ4n) is 6.86. The maximum Gasteiger partial charge on any atom is 0.389 e. The van der Waals surface area contributed by atoms with Crippen LogP contribution in [0.25, 0.3) is 22.3 Å². The summed E-state index contributed by atoms with van der Waals surface area (Å²) in [6.07, 6.45) is -7.01. The van der Waals surface area contributed by atoms with Gasteiger partial charge in [0, 0.05) is 12.4 Å². The molecule has 5 aromatic rings. The van der Waals surface area contributed by atoms with Crippen molar-refractivity contribution in [3.05, 3.63) is 55.1 Å². The number of hydrogen-bond donors (Lipinski definition) is 2. The van der Waals surface area contributed by atoms with Gasteiger partial charge in [-0.15, -0.1) is 0 Å². The Labute approximate surface area is 352 Å². The second-order valence-corrected chi connectivity index (χ2v) is 20.2. The first-order chi connectivity index (χ1) is 29.4. The third-order valence-corrected chi connectivity index (χ3v) is 14.7. The normalized spacial score (nSPS) is 30.8. The molecule has 3 aliphatic rings. The van der Waals surface area contributed by atoms with E-state index in [0.717, 1.165) is 25.4 Å². The van der Waals surface area contributed by atoms with Crippen molar-refractivity contribution < 1.29 is 59.7 Å². The Kier molecular flexibility index (Phi) is 13.5. The Morgan fingerprint density at radius 3 is 1.90 bits per heavy atom. The largest absolute Gasteiger partial charge is 0.491 e. The van der Waals surface area contributed by atoms with E-state index in [9.17, 15) is 9.13 Å². The van der Waals surface area contributed by atoms with E-state index in [1.807, 2.05) is 6.92 Å². The molecule has 8 rings (SSSR count). The molecule has 4 aromatic heterocycles. The zero-order valence-electron chi connectivity index (χ0n) is 32.9. The highest BCUT2D eigenvalue weighted by Crippen LogP contribution is 2.65. The number of halogens is 2. The molecule has 0 aliphatic carbocycles. The van der Waals surface area contributed by atoms with Crippen molar-refractivity contribution in [3.63, 3.8) is 0 Å². The molecule has 27 heteroatoms. The third kappa shape index (κ3) is 9.71. The van der Waals surface area contributed by atoms with Crippen molar-refractivity contribution in [2.24, 2.45) is 0 Å².